The summed E-state index contributed by atoms with van der Waals surface area (Å²) in [6.07, 6.45) is -2.03. The maximum atomic E-state index is 13.1. The lowest BCUT2D eigenvalue weighted by atomic mass is 10.1. The number of pyridine rings is 1. The highest BCUT2D eigenvalue weighted by Crippen LogP contribution is 2.33. The van der Waals surface area contributed by atoms with Crippen molar-refractivity contribution in [1.82, 2.24) is 10.3 Å². The van der Waals surface area contributed by atoms with Gasteiger partial charge in [0.1, 0.15) is 5.69 Å². The van der Waals surface area contributed by atoms with Crippen LogP contribution in [0.15, 0.2) is 29.3 Å². The van der Waals surface area contributed by atoms with Crippen LogP contribution in [-0.4, -0.2) is 40.6 Å². The number of carbonyl (C=O) groups is 2. The summed E-state index contributed by atoms with van der Waals surface area (Å²) in [4.78, 5) is 29.7. The van der Waals surface area contributed by atoms with Crippen molar-refractivity contribution >= 4 is 52.6 Å². The summed E-state index contributed by atoms with van der Waals surface area (Å²) >= 11 is 8.77. The highest BCUT2D eigenvalue weighted by molar-refractivity contribution is 7.99. The molecule has 0 saturated carbocycles. The van der Waals surface area contributed by atoms with Crippen LogP contribution < -0.4 is 10.6 Å². The molecule has 0 aliphatic rings. The number of aryl methyl sites for hydroxylation is 1. The molecule has 1 aromatic carbocycles. The summed E-state index contributed by atoms with van der Waals surface area (Å²) in [6, 6.07) is 3.81. The molecule has 5 nitrogen and oxygen atoms in total. The van der Waals surface area contributed by atoms with Gasteiger partial charge >= 0.3 is 6.18 Å². The second kappa shape index (κ2) is 11.3. The van der Waals surface area contributed by atoms with Crippen molar-refractivity contribution in [3.63, 3.8) is 0 Å². The number of halogens is 4. The highest BCUT2D eigenvalue weighted by atomic mass is 35.5. The molecule has 0 saturated heterocycles. The van der Waals surface area contributed by atoms with Crippen molar-refractivity contribution in [2.24, 2.45) is 0 Å². The lowest BCUT2D eigenvalue weighted by molar-refractivity contribution is -0.138. The van der Waals surface area contributed by atoms with Gasteiger partial charge in [-0.25, -0.2) is 4.98 Å². The van der Waals surface area contributed by atoms with Crippen molar-refractivity contribution in [3.8, 4) is 0 Å². The van der Waals surface area contributed by atoms with Crippen LogP contribution in [0.25, 0.3) is 0 Å². The lowest BCUT2D eigenvalue weighted by Gasteiger charge is -2.18. The first-order chi connectivity index (χ1) is 15.0. The van der Waals surface area contributed by atoms with Gasteiger partial charge in [0.05, 0.1) is 16.8 Å². The molecule has 1 unspecified atom stereocenters. The molecule has 0 fully saturated rings. The molecule has 0 aliphatic carbocycles. The Bertz CT molecular complexity index is 1000. The van der Waals surface area contributed by atoms with Crippen molar-refractivity contribution in [3.05, 3.63) is 51.8 Å². The largest absolute Gasteiger partial charge is 0.417 e. The van der Waals surface area contributed by atoms with Crippen LogP contribution in [0.1, 0.15) is 45.8 Å². The average molecular weight is 506 g/mol. The molecule has 1 aromatic heterocycles. The number of thioether (sulfide) groups is 2. The smallest absolute Gasteiger partial charge is 0.349 e. The molecular formula is C21H23ClF3N3O2S2. The molecule has 1 heterocycles. The Morgan fingerprint density at radius 2 is 1.91 bits per heavy atom. The molecule has 0 aliphatic heterocycles. The molecule has 174 valence electrons. The van der Waals surface area contributed by atoms with Gasteiger partial charge in [0.25, 0.3) is 11.8 Å². The minimum atomic E-state index is -4.57. The van der Waals surface area contributed by atoms with Gasteiger partial charge in [-0.1, -0.05) is 18.5 Å². The van der Waals surface area contributed by atoms with E-state index in [1.165, 1.54) is 6.07 Å². The normalized spacial score (nSPS) is 12.4. The van der Waals surface area contributed by atoms with E-state index in [0.29, 0.717) is 28.3 Å². The van der Waals surface area contributed by atoms with Gasteiger partial charge < -0.3 is 10.6 Å². The van der Waals surface area contributed by atoms with Crippen molar-refractivity contribution < 1.29 is 22.8 Å². The number of nitrogens with zero attached hydrogens (tertiary/aromatic N) is 1. The number of benzene rings is 1. The first-order valence-corrected chi connectivity index (χ1v) is 12.3. The minimum absolute atomic E-state index is 0.103. The Kier molecular flexibility index (Phi) is 9.29. The molecule has 0 spiro atoms. The number of amides is 2. The van der Waals surface area contributed by atoms with Crippen molar-refractivity contribution in [1.29, 1.82) is 0 Å². The number of alkyl halides is 3. The van der Waals surface area contributed by atoms with Gasteiger partial charge in [-0.2, -0.15) is 24.9 Å². The lowest BCUT2D eigenvalue weighted by Crippen LogP contribution is -2.35. The molecule has 2 rings (SSSR count). The number of anilines is 1. The van der Waals surface area contributed by atoms with E-state index >= 15 is 0 Å². The maximum absolute atomic E-state index is 13.1. The van der Waals surface area contributed by atoms with Crippen LogP contribution in [-0.2, 0) is 6.18 Å². The van der Waals surface area contributed by atoms with Crippen LogP contribution in [0.3, 0.4) is 0 Å². The van der Waals surface area contributed by atoms with E-state index in [-0.39, 0.29) is 27.9 Å². The van der Waals surface area contributed by atoms with Gasteiger partial charge in [0, 0.05) is 27.9 Å². The molecule has 0 radical (unpaired) electrons. The Balaban J connectivity index is 2.42. The topological polar surface area (TPSA) is 71.1 Å². The number of hydrogen-bond acceptors (Lipinski definition) is 5. The Labute approximate surface area is 198 Å². The van der Waals surface area contributed by atoms with Crippen LogP contribution in [0.4, 0.5) is 18.9 Å². The number of nitrogens with one attached hydrogen (secondary N) is 2. The monoisotopic (exact) mass is 505 g/mol. The molecule has 11 heteroatoms. The molecule has 0 bridgehead atoms. The average Bonchev–Trinajstić information content (AvgIpc) is 2.69. The standard InChI is InChI=1S/C21H23ClF3N3O2S2/c1-5-32-16-7-13(21(23,24)25)9-26-18(16)20(30)28-17-11(2)6-14(22)8-15(17)19(29)27-12(3)10-31-4/h6-9,12H,5,10H2,1-4H3,(H,27,29)(H,28,30). The SMILES string of the molecule is CCSc1cc(C(F)(F)F)cnc1C(=O)Nc1c(C)cc(Cl)cc1C(=O)NC(C)CSC. The van der Waals surface area contributed by atoms with Crippen LogP contribution in [0.5, 0.6) is 0 Å². The van der Waals surface area contributed by atoms with Crippen LogP contribution in [0.2, 0.25) is 5.02 Å². The quantitative estimate of drug-likeness (QED) is 0.436. The number of carbonyl (C=O) groups excluding carboxylic acids is 2. The van der Waals surface area contributed by atoms with Gasteiger partial charge in [-0.15, -0.1) is 11.8 Å². The fourth-order valence-electron chi connectivity index (χ4n) is 2.89. The third-order valence-corrected chi connectivity index (χ3v) is 6.24. The van der Waals surface area contributed by atoms with Gasteiger partial charge in [-0.3, -0.25) is 9.59 Å². The van der Waals surface area contributed by atoms with Gasteiger partial charge in [0.2, 0.25) is 0 Å². The highest BCUT2D eigenvalue weighted by Gasteiger charge is 2.32. The summed E-state index contributed by atoms with van der Waals surface area (Å²) in [6.45, 7) is 5.28. The molecule has 2 amide bonds. The van der Waals surface area contributed by atoms with E-state index in [0.717, 1.165) is 17.8 Å². The second-order valence-corrected chi connectivity index (χ2v) is 9.58. The Morgan fingerprint density at radius 1 is 1.22 bits per heavy atom. The molecule has 2 aromatic rings. The maximum Gasteiger partial charge on any atom is 0.417 e. The van der Waals surface area contributed by atoms with Gasteiger partial charge in [0.15, 0.2) is 0 Å². The predicted octanol–water partition coefficient (Wildman–Crippen LogP) is 5.91. The molecule has 1 atom stereocenters. The summed E-state index contributed by atoms with van der Waals surface area (Å²) in [5.74, 6) is 0.00637. The zero-order chi connectivity index (χ0) is 24.1. The molecular weight excluding hydrogens is 483 g/mol. The minimum Gasteiger partial charge on any atom is -0.349 e. The fraction of sp³-hybridized carbons (Fsp3) is 0.381. The predicted molar refractivity (Wildman–Crippen MR) is 125 cm³/mol. The summed E-state index contributed by atoms with van der Waals surface area (Å²) < 4.78 is 39.2. The molecule has 2 N–H and O–H groups in total. The second-order valence-electron chi connectivity index (χ2n) is 6.93. The van der Waals surface area contributed by atoms with Crippen LogP contribution >= 0.6 is 35.1 Å². The Hall–Kier alpha value is -1.91. The van der Waals surface area contributed by atoms with E-state index < -0.39 is 23.6 Å². The van der Waals surface area contributed by atoms with E-state index in [2.05, 4.69) is 15.6 Å². The first kappa shape index (κ1) is 26.3. The number of aromatic nitrogens is 1. The number of hydrogen-bond donors (Lipinski definition) is 2. The van der Waals surface area contributed by atoms with E-state index in [9.17, 15) is 22.8 Å². The zero-order valence-corrected chi connectivity index (χ0v) is 20.3. The fourth-order valence-corrected chi connectivity index (χ4v) is 4.55. The number of rotatable bonds is 8. The third kappa shape index (κ3) is 6.79. The van der Waals surface area contributed by atoms with E-state index in [4.69, 9.17) is 11.6 Å². The van der Waals surface area contributed by atoms with Gasteiger partial charge in [-0.05, 0) is 49.6 Å². The van der Waals surface area contributed by atoms with Crippen molar-refractivity contribution in [2.75, 3.05) is 23.1 Å². The molecule has 32 heavy (non-hydrogen) atoms. The summed E-state index contributed by atoms with van der Waals surface area (Å²) in [5, 5.41) is 5.81. The van der Waals surface area contributed by atoms with Crippen LogP contribution in [0, 0.1) is 6.92 Å². The van der Waals surface area contributed by atoms with Crippen molar-refractivity contribution in [2.45, 2.75) is 37.9 Å². The Morgan fingerprint density at radius 3 is 2.50 bits per heavy atom. The summed E-state index contributed by atoms with van der Waals surface area (Å²) in [7, 11) is 0. The van der Waals surface area contributed by atoms with E-state index in [1.807, 2.05) is 13.2 Å². The third-order valence-electron chi connectivity index (χ3n) is 4.27. The zero-order valence-electron chi connectivity index (χ0n) is 17.9. The first-order valence-electron chi connectivity index (χ1n) is 9.59. The van der Waals surface area contributed by atoms with E-state index in [1.54, 1.807) is 31.7 Å². The summed E-state index contributed by atoms with van der Waals surface area (Å²) in [5.41, 5.74) is -0.169.